The third-order valence-electron chi connectivity index (χ3n) is 4.72. The Morgan fingerprint density at radius 1 is 1.28 bits per heavy atom. The molecule has 6 nitrogen and oxygen atoms in total. The van der Waals surface area contributed by atoms with Crippen molar-refractivity contribution in [2.45, 2.75) is 31.4 Å². The number of nitrogens with zero attached hydrogens (tertiary/aromatic N) is 1. The number of carbonyl (C=O) groups is 2. The van der Waals surface area contributed by atoms with Crippen molar-refractivity contribution in [2.24, 2.45) is 0 Å². The molecule has 25 heavy (non-hydrogen) atoms. The molecule has 0 radical (unpaired) electrons. The highest BCUT2D eigenvalue weighted by Crippen LogP contribution is 2.31. The standard InChI is InChI=1S/C19H22N2O4/c1-19(18(24)20-13-15(22)16-9-5-12-25-16)10-6-11-21(19)17(23)14-7-3-2-4-8-14/h2-5,7-9,12,15,22H,6,10-11,13H2,1H3,(H,20,24). The van der Waals surface area contributed by atoms with Gasteiger partial charge in [0.1, 0.15) is 17.4 Å². The fourth-order valence-corrected chi connectivity index (χ4v) is 3.22. The molecule has 132 valence electrons. The second-order valence-electron chi connectivity index (χ2n) is 6.44. The van der Waals surface area contributed by atoms with E-state index < -0.39 is 11.6 Å². The number of aliphatic hydroxyl groups is 1. The summed E-state index contributed by atoms with van der Waals surface area (Å²) >= 11 is 0. The van der Waals surface area contributed by atoms with Crippen molar-refractivity contribution in [2.75, 3.05) is 13.1 Å². The molecule has 3 rings (SSSR count). The van der Waals surface area contributed by atoms with Crippen molar-refractivity contribution in [3.05, 3.63) is 60.1 Å². The minimum Gasteiger partial charge on any atom is -0.467 e. The first-order valence-electron chi connectivity index (χ1n) is 8.39. The van der Waals surface area contributed by atoms with E-state index in [-0.39, 0.29) is 18.4 Å². The average molecular weight is 342 g/mol. The molecule has 2 amide bonds. The van der Waals surface area contributed by atoms with E-state index in [1.807, 2.05) is 6.07 Å². The quantitative estimate of drug-likeness (QED) is 0.872. The normalized spacial score (nSPS) is 21.1. The summed E-state index contributed by atoms with van der Waals surface area (Å²) in [5.41, 5.74) is -0.352. The van der Waals surface area contributed by atoms with Crippen LogP contribution in [0.3, 0.4) is 0 Å². The fraction of sp³-hybridized carbons (Fsp3) is 0.368. The van der Waals surface area contributed by atoms with Crippen LogP contribution in [0.5, 0.6) is 0 Å². The van der Waals surface area contributed by atoms with E-state index in [1.165, 1.54) is 6.26 Å². The van der Waals surface area contributed by atoms with Gasteiger partial charge in [0.2, 0.25) is 5.91 Å². The van der Waals surface area contributed by atoms with Gasteiger partial charge in [-0.15, -0.1) is 0 Å². The predicted molar refractivity (Wildman–Crippen MR) is 91.8 cm³/mol. The predicted octanol–water partition coefficient (Wildman–Crippen LogP) is 2.12. The third-order valence-corrected chi connectivity index (χ3v) is 4.72. The average Bonchev–Trinajstić information content (AvgIpc) is 3.30. The van der Waals surface area contributed by atoms with Crippen LogP contribution in [0, 0.1) is 0 Å². The van der Waals surface area contributed by atoms with Gasteiger partial charge in [-0.1, -0.05) is 18.2 Å². The van der Waals surface area contributed by atoms with Gasteiger partial charge in [-0.2, -0.15) is 0 Å². The zero-order valence-corrected chi connectivity index (χ0v) is 14.1. The van der Waals surface area contributed by atoms with Crippen molar-refractivity contribution in [1.82, 2.24) is 10.2 Å². The van der Waals surface area contributed by atoms with Gasteiger partial charge in [0.25, 0.3) is 5.91 Å². The second-order valence-corrected chi connectivity index (χ2v) is 6.44. The van der Waals surface area contributed by atoms with Crippen LogP contribution in [-0.2, 0) is 4.79 Å². The first-order chi connectivity index (χ1) is 12.0. The zero-order valence-electron chi connectivity index (χ0n) is 14.1. The van der Waals surface area contributed by atoms with Crippen molar-refractivity contribution >= 4 is 11.8 Å². The molecule has 0 saturated carbocycles. The molecule has 1 fully saturated rings. The highest BCUT2D eigenvalue weighted by atomic mass is 16.4. The van der Waals surface area contributed by atoms with Gasteiger partial charge in [0, 0.05) is 12.1 Å². The third kappa shape index (κ3) is 3.44. The smallest absolute Gasteiger partial charge is 0.254 e. The lowest BCUT2D eigenvalue weighted by Crippen LogP contribution is -2.55. The number of likely N-dealkylation sites (tertiary alicyclic amines) is 1. The molecular formula is C19H22N2O4. The van der Waals surface area contributed by atoms with Crippen molar-refractivity contribution < 1.29 is 19.1 Å². The van der Waals surface area contributed by atoms with E-state index in [9.17, 15) is 14.7 Å². The first kappa shape index (κ1) is 17.2. The lowest BCUT2D eigenvalue weighted by molar-refractivity contribution is -0.130. The number of nitrogens with one attached hydrogen (secondary N) is 1. The van der Waals surface area contributed by atoms with Gasteiger partial charge in [0.05, 0.1) is 12.8 Å². The Balaban J connectivity index is 1.68. The van der Waals surface area contributed by atoms with Crippen molar-refractivity contribution in [1.29, 1.82) is 0 Å². The van der Waals surface area contributed by atoms with Crippen LogP contribution < -0.4 is 5.32 Å². The molecule has 1 aromatic heterocycles. The molecule has 6 heteroatoms. The summed E-state index contributed by atoms with van der Waals surface area (Å²) in [6, 6.07) is 12.3. The largest absolute Gasteiger partial charge is 0.467 e. The first-order valence-corrected chi connectivity index (χ1v) is 8.39. The zero-order chi connectivity index (χ0) is 17.9. The molecule has 2 N–H and O–H groups in total. The summed E-state index contributed by atoms with van der Waals surface area (Å²) in [6.07, 6.45) is 1.92. The Bertz CT molecular complexity index is 729. The molecule has 0 spiro atoms. The Labute approximate surface area is 146 Å². The Kier molecular flexibility index (Phi) is 4.90. The van der Waals surface area contributed by atoms with Gasteiger partial charge in [-0.3, -0.25) is 9.59 Å². The van der Waals surface area contributed by atoms with Crippen molar-refractivity contribution in [3.8, 4) is 0 Å². The summed E-state index contributed by atoms with van der Waals surface area (Å²) in [7, 11) is 0. The van der Waals surface area contributed by atoms with E-state index in [2.05, 4.69) is 5.32 Å². The highest BCUT2D eigenvalue weighted by molar-refractivity contribution is 5.99. The van der Waals surface area contributed by atoms with Crippen LogP contribution in [-0.4, -0.2) is 40.4 Å². The molecule has 1 aliphatic heterocycles. The van der Waals surface area contributed by atoms with E-state index >= 15 is 0 Å². The summed E-state index contributed by atoms with van der Waals surface area (Å²) in [6.45, 7) is 2.35. The SMILES string of the molecule is CC1(C(=O)NCC(O)c2ccco2)CCCN1C(=O)c1ccccc1. The van der Waals surface area contributed by atoms with Gasteiger partial charge in [-0.25, -0.2) is 0 Å². The van der Waals surface area contributed by atoms with E-state index in [1.54, 1.807) is 48.2 Å². The number of hydrogen-bond donors (Lipinski definition) is 2. The molecule has 0 bridgehead atoms. The minimum atomic E-state index is -0.921. The molecule has 2 atom stereocenters. The maximum atomic E-state index is 12.8. The molecule has 1 aromatic carbocycles. The number of hydrogen-bond acceptors (Lipinski definition) is 4. The fourth-order valence-electron chi connectivity index (χ4n) is 3.22. The maximum Gasteiger partial charge on any atom is 0.254 e. The monoisotopic (exact) mass is 342 g/mol. The molecule has 0 aliphatic carbocycles. The number of benzene rings is 1. The van der Waals surface area contributed by atoms with Gasteiger partial charge in [-0.05, 0) is 44.0 Å². The summed E-state index contributed by atoms with van der Waals surface area (Å²) in [4.78, 5) is 27.1. The van der Waals surface area contributed by atoms with Crippen LogP contribution in [0.15, 0.2) is 53.1 Å². The number of aliphatic hydroxyl groups excluding tert-OH is 1. The number of rotatable bonds is 5. The van der Waals surface area contributed by atoms with E-state index in [4.69, 9.17) is 4.42 Å². The lowest BCUT2D eigenvalue weighted by Gasteiger charge is -2.34. The van der Waals surface area contributed by atoms with Crippen LogP contribution in [0.1, 0.15) is 42.0 Å². The molecule has 2 unspecified atom stereocenters. The van der Waals surface area contributed by atoms with Crippen LogP contribution in [0.2, 0.25) is 0 Å². The lowest BCUT2D eigenvalue weighted by atomic mass is 9.96. The molecular weight excluding hydrogens is 320 g/mol. The summed E-state index contributed by atoms with van der Waals surface area (Å²) < 4.78 is 5.13. The van der Waals surface area contributed by atoms with Crippen LogP contribution in [0.4, 0.5) is 0 Å². The Morgan fingerprint density at radius 2 is 2.04 bits per heavy atom. The van der Waals surface area contributed by atoms with Gasteiger partial charge in [0.15, 0.2) is 0 Å². The maximum absolute atomic E-state index is 12.8. The van der Waals surface area contributed by atoms with Crippen LogP contribution in [0.25, 0.3) is 0 Å². The number of furan rings is 1. The number of amides is 2. The van der Waals surface area contributed by atoms with Gasteiger partial charge >= 0.3 is 0 Å². The summed E-state index contributed by atoms with van der Waals surface area (Å²) in [5.74, 6) is -0.0173. The molecule has 2 heterocycles. The van der Waals surface area contributed by atoms with Crippen molar-refractivity contribution in [3.63, 3.8) is 0 Å². The molecule has 1 aliphatic rings. The molecule has 1 saturated heterocycles. The highest BCUT2D eigenvalue weighted by Gasteiger charge is 2.45. The minimum absolute atomic E-state index is 0.0370. The van der Waals surface area contributed by atoms with Gasteiger partial charge < -0.3 is 19.7 Å². The Morgan fingerprint density at radius 3 is 2.72 bits per heavy atom. The Hall–Kier alpha value is -2.60. The number of carbonyl (C=O) groups excluding carboxylic acids is 2. The topological polar surface area (TPSA) is 82.8 Å². The van der Waals surface area contributed by atoms with Crippen LogP contribution >= 0.6 is 0 Å². The summed E-state index contributed by atoms with van der Waals surface area (Å²) in [5, 5.41) is 12.8. The van der Waals surface area contributed by atoms with E-state index in [0.29, 0.717) is 24.3 Å². The molecule has 2 aromatic rings. The second kappa shape index (κ2) is 7.11. The van der Waals surface area contributed by atoms with E-state index in [0.717, 1.165) is 6.42 Å².